The molecule has 0 spiro atoms. The van der Waals surface area contributed by atoms with Gasteiger partial charge < -0.3 is 15.2 Å². The lowest BCUT2D eigenvalue weighted by atomic mass is 9.85. The molecule has 11 nitrogen and oxygen atoms in total. The molecule has 2 aromatic rings. The highest BCUT2D eigenvalue weighted by Crippen LogP contribution is 2.48. The van der Waals surface area contributed by atoms with Gasteiger partial charge in [-0.15, -0.1) is 0 Å². The van der Waals surface area contributed by atoms with Gasteiger partial charge >= 0.3 is 5.97 Å². The molecule has 238 valence electrons. The Balaban J connectivity index is 1.43. The number of ether oxygens (including phenoxy) is 1. The van der Waals surface area contributed by atoms with Crippen LogP contribution in [-0.4, -0.2) is 50.7 Å². The zero-order chi connectivity index (χ0) is 32.6. The Kier molecular flexibility index (Phi) is 9.34. The third-order valence-electron chi connectivity index (χ3n) is 8.16. The monoisotopic (exact) mass is 645 g/mol. The van der Waals surface area contributed by atoms with E-state index in [9.17, 15) is 31.5 Å². The van der Waals surface area contributed by atoms with E-state index in [1.54, 1.807) is 77.1 Å². The molecule has 0 saturated heterocycles. The molecule has 0 saturated carbocycles. The van der Waals surface area contributed by atoms with E-state index in [2.05, 4.69) is 14.8 Å². The molecule has 0 fully saturated rings. The molecular formula is C31H39N3O8S2. The summed E-state index contributed by atoms with van der Waals surface area (Å²) in [5, 5.41) is 11.6. The number of fused-ring (bicyclic) bond motifs is 1. The molecule has 2 aromatic carbocycles. The van der Waals surface area contributed by atoms with Gasteiger partial charge in [0.15, 0.2) is 5.60 Å². The Hall–Kier alpha value is -3.68. The van der Waals surface area contributed by atoms with Gasteiger partial charge in [-0.2, -0.15) is 4.72 Å². The SMILES string of the molecule is CC(C)[C@H](NS(=O)(=O)C1=CCC(c2ccc(NC(=O)C3(C)Oc4cccc(NS(=O)(=O)C(C)C)c4C3C)cc2)C=C1)C(=O)O. The van der Waals surface area contributed by atoms with Gasteiger partial charge in [-0.25, -0.2) is 16.8 Å². The number of anilines is 2. The average Bonchev–Trinajstić information content (AvgIpc) is 3.23. The maximum absolute atomic E-state index is 13.5. The highest BCUT2D eigenvalue weighted by molar-refractivity contribution is 7.93. The lowest BCUT2D eigenvalue weighted by molar-refractivity contribution is -0.140. The van der Waals surface area contributed by atoms with Crippen LogP contribution in [0.5, 0.6) is 5.75 Å². The standard InChI is InChI=1S/C31H39N3O8S2/c1-18(2)28(29(35)36)34-44(40,41)24-16-12-22(13-17-24)21-10-14-23(15-11-21)32-30(37)31(6)20(5)27-25(8-7-9-26(27)42-31)33-43(38,39)19(3)4/h7-12,14-20,22,28,33-34H,13H2,1-6H3,(H,32,37)(H,35,36)/t20?,22?,28-,31?/m0/s1. The van der Waals surface area contributed by atoms with Crippen LogP contribution in [0.2, 0.25) is 0 Å². The minimum atomic E-state index is -4.00. The van der Waals surface area contributed by atoms with E-state index in [1.165, 1.54) is 6.08 Å². The van der Waals surface area contributed by atoms with Gasteiger partial charge in [0, 0.05) is 23.1 Å². The Morgan fingerprint density at radius 1 is 1.02 bits per heavy atom. The minimum absolute atomic E-state index is 0.0182. The maximum Gasteiger partial charge on any atom is 0.322 e. The maximum atomic E-state index is 13.5. The third-order valence-corrected chi connectivity index (χ3v) is 11.4. The molecule has 1 amide bonds. The Morgan fingerprint density at radius 2 is 1.68 bits per heavy atom. The molecule has 1 aliphatic carbocycles. The van der Waals surface area contributed by atoms with E-state index in [4.69, 9.17) is 4.74 Å². The van der Waals surface area contributed by atoms with Crippen LogP contribution in [0.15, 0.2) is 65.6 Å². The van der Waals surface area contributed by atoms with Crippen molar-refractivity contribution in [3.63, 3.8) is 0 Å². The summed E-state index contributed by atoms with van der Waals surface area (Å²) in [6, 6.07) is 11.0. The number of carbonyl (C=O) groups is 2. The van der Waals surface area contributed by atoms with Crippen LogP contribution in [0.4, 0.5) is 11.4 Å². The van der Waals surface area contributed by atoms with Crippen molar-refractivity contribution in [1.29, 1.82) is 0 Å². The van der Waals surface area contributed by atoms with E-state index >= 15 is 0 Å². The van der Waals surface area contributed by atoms with Gasteiger partial charge in [0.2, 0.25) is 20.0 Å². The Morgan fingerprint density at radius 3 is 2.23 bits per heavy atom. The summed E-state index contributed by atoms with van der Waals surface area (Å²) in [6.45, 7) is 9.92. The van der Waals surface area contributed by atoms with E-state index in [0.29, 0.717) is 29.1 Å². The molecule has 3 unspecified atom stereocenters. The molecule has 4 N–H and O–H groups in total. The molecule has 1 aliphatic heterocycles. The molecule has 0 bridgehead atoms. The van der Waals surface area contributed by atoms with Crippen LogP contribution in [0.3, 0.4) is 0 Å². The van der Waals surface area contributed by atoms with E-state index in [1.807, 2.05) is 19.1 Å². The normalized spacial score (nSPS) is 22.2. The quantitative estimate of drug-likeness (QED) is 0.273. The van der Waals surface area contributed by atoms with Crippen molar-refractivity contribution in [3.05, 3.63) is 76.7 Å². The van der Waals surface area contributed by atoms with E-state index in [0.717, 1.165) is 5.56 Å². The first-order valence-corrected chi connectivity index (χ1v) is 17.4. The molecule has 2 aliphatic rings. The highest BCUT2D eigenvalue weighted by Gasteiger charge is 2.49. The number of carbonyl (C=O) groups excluding carboxylic acids is 1. The number of amides is 1. The molecule has 0 radical (unpaired) electrons. The zero-order valence-corrected chi connectivity index (χ0v) is 27.1. The van der Waals surface area contributed by atoms with E-state index in [-0.39, 0.29) is 10.8 Å². The van der Waals surface area contributed by atoms with Gasteiger partial charge in [0.25, 0.3) is 5.91 Å². The summed E-state index contributed by atoms with van der Waals surface area (Å²) < 4.78 is 61.6. The number of allylic oxidation sites excluding steroid dienone is 3. The van der Waals surface area contributed by atoms with Crippen LogP contribution in [0.25, 0.3) is 0 Å². The number of hydrogen-bond acceptors (Lipinski definition) is 7. The first-order chi connectivity index (χ1) is 20.5. The first-order valence-electron chi connectivity index (χ1n) is 14.3. The average molecular weight is 646 g/mol. The van der Waals surface area contributed by atoms with Crippen LogP contribution in [0, 0.1) is 5.92 Å². The Labute approximate surface area is 258 Å². The fraction of sp³-hybridized carbons (Fsp3) is 0.419. The fourth-order valence-electron chi connectivity index (χ4n) is 5.10. The van der Waals surface area contributed by atoms with Crippen molar-refractivity contribution < 1.29 is 36.3 Å². The predicted octanol–water partition coefficient (Wildman–Crippen LogP) is 4.69. The van der Waals surface area contributed by atoms with Crippen LogP contribution < -0.4 is 19.5 Å². The smallest absolute Gasteiger partial charge is 0.322 e. The van der Waals surface area contributed by atoms with Crippen LogP contribution in [0.1, 0.15) is 70.9 Å². The number of benzene rings is 2. The Bertz CT molecular complexity index is 1710. The number of hydrogen-bond donors (Lipinski definition) is 4. The molecule has 13 heteroatoms. The lowest BCUT2D eigenvalue weighted by Crippen LogP contribution is -2.46. The summed E-state index contributed by atoms with van der Waals surface area (Å²) in [4.78, 5) is 25.0. The lowest BCUT2D eigenvalue weighted by Gasteiger charge is -2.27. The molecule has 4 atom stereocenters. The summed E-state index contributed by atoms with van der Waals surface area (Å²) in [5.41, 5.74) is 1.12. The number of aliphatic carboxylic acids is 1. The van der Waals surface area contributed by atoms with E-state index < -0.39 is 60.7 Å². The highest BCUT2D eigenvalue weighted by atomic mass is 32.2. The second-order valence-corrected chi connectivity index (χ2v) is 15.9. The first kappa shape index (κ1) is 33.2. The van der Waals surface area contributed by atoms with Gasteiger partial charge in [0.05, 0.1) is 15.8 Å². The van der Waals surface area contributed by atoms with Gasteiger partial charge in [-0.3, -0.25) is 14.3 Å². The molecule has 4 rings (SSSR count). The van der Waals surface area contributed by atoms with Crippen molar-refractivity contribution in [2.24, 2.45) is 5.92 Å². The van der Waals surface area contributed by atoms with Crippen molar-refractivity contribution in [3.8, 4) is 5.75 Å². The van der Waals surface area contributed by atoms with Crippen LogP contribution >= 0.6 is 0 Å². The molecular weight excluding hydrogens is 606 g/mol. The van der Waals surface area contributed by atoms with Gasteiger partial charge in [0.1, 0.15) is 11.8 Å². The molecule has 1 heterocycles. The topological polar surface area (TPSA) is 168 Å². The zero-order valence-electron chi connectivity index (χ0n) is 25.5. The number of sulfonamides is 2. The molecule has 0 aromatic heterocycles. The fourth-order valence-corrected chi connectivity index (χ4v) is 7.23. The molecule has 44 heavy (non-hydrogen) atoms. The third kappa shape index (κ3) is 6.69. The summed E-state index contributed by atoms with van der Waals surface area (Å²) in [6.07, 6.45) is 5.18. The van der Waals surface area contributed by atoms with Gasteiger partial charge in [-0.1, -0.05) is 51.1 Å². The number of carboxylic acids is 1. The van der Waals surface area contributed by atoms with Crippen molar-refractivity contribution in [2.45, 2.75) is 76.7 Å². The van der Waals surface area contributed by atoms with Crippen LogP contribution in [-0.2, 0) is 29.6 Å². The number of rotatable bonds is 11. The van der Waals surface area contributed by atoms with Crippen molar-refractivity contribution in [1.82, 2.24) is 4.72 Å². The van der Waals surface area contributed by atoms with Crippen molar-refractivity contribution in [2.75, 3.05) is 10.0 Å². The number of carboxylic acid groups (broad SMARTS) is 1. The number of nitrogens with one attached hydrogen (secondary N) is 3. The summed E-state index contributed by atoms with van der Waals surface area (Å²) >= 11 is 0. The summed E-state index contributed by atoms with van der Waals surface area (Å²) in [5.74, 6) is -2.20. The predicted molar refractivity (Wildman–Crippen MR) is 170 cm³/mol. The van der Waals surface area contributed by atoms with Gasteiger partial charge in [-0.05, 0) is 69.0 Å². The largest absolute Gasteiger partial charge is 0.480 e. The van der Waals surface area contributed by atoms with Crippen molar-refractivity contribution >= 4 is 43.3 Å². The second-order valence-electron chi connectivity index (χ2n) is 11.9. The summed E-state index contributed by atoms with van der Waals surface area (Å²) in [7, 11) is -7.61. The minimum Gasteiger partial charge on any atom is -0.480 e. The second kappa shape index (κ2) is 12.4.